The molecule has 0 radical (unpaired) electrons. The molecule has 0 atom stereocenters. The highest BCUT2D eigenvalue weighted by Gasteiger charge is 2.25. The van der Waals surface area contributed by atoms with Gasteiger partial charge in [0, 0.05) is 18.0 Å². The first-order chi connectivity index (χ1) is 13.9. The lowest BCUT2D eigenvalue weighted by Crippen LogP contribution is -2.14. The van der Waals surface area contributed by atoms with E-state index in [-0.39, 0.29) is 0 Å². The molecule has 0 bridgehead atoms. The summed E-state index contributed by atoms with van der Waals surface area (Å²) in [6, 6.07) is 2.35. The molecule has 0 aliphatic heterocycles. The smallest absolute Gasteiger partial charge is 0.159 e. The molecule has 1 heterocycles. The lowest BCUT2D eigenvalue weighted by Gasteiger charge is -2.30. The predicted molar refractivity (Wildman–Crippen MR) is 122 cm³/mol. The number of hydrogen-bond donors (Lipinski definition) is 0. The van der Waals surface area contributed by atoms with Crippen LogP contribution in [0.2, 0.25) is 0 Å². The van der Waals surface area contributed by atoms with Crippen LogP contribution < -0.4 is 0 Å². The van der Waals surface area contributed by atoms with E-state index in [4.69, 9.17) is 9.97 Å². The molecule has 156 valence electrons. The third kappa shape index (κ3) is 4.27. The molecule has 2 saturated carbocycles. The van der Waals surface area contributed by atoms with Crippen LogP contribution in [0.25, 0.3) is 11.4 Å². The van der Waals surface area contributed by atoms with Crippen molar-refractivity contribution < 1.29 is 0 Å². The number of rotatable bonds is 3. The molecule has 2 nitrogen and oxygen atoms in total. The highest BCUT2D eigenvalue weighted by molar-refractivity contribution is 5.65. The van der Waals surface area contributed by atoms with Crippen molar-refractivity contribution in [3.05, 3.63) is 46.3 Å². The quantitative estimate of drug-likeness (QED) is 0.537. The maximum atomic E-state index is 4.83. The summed E-state index contributed by atoms with van der Waals surface area (Å²) in [5.41, 5.74) is 8.41. The fourth-order valence-corrected chi connectivity index (χ4v) is 5.79. The molecule has 0 spiro atoms. The summed E-state index contributed by atoms with van der Waals surface area (Å²) in [6.07, 6.45) is 14.9. The third-order valence-corrected chi connectivity index (χ3v) is 7.98. The third-order valence-electron chi connectivity index (χ3n) is 7.98. The minimum Gasteiger partial charge on any atom is -0.236 e. The summed E-state index contributed by atoms with van der Waals surface area (Å²) < 4.78 is 0. The lowest BCUT2D eigenvalue weighted by molar-refractivity contribution is 0.346. The zero-order valence-electron chi connectivity index (χ0n) is 19.1. The first kappa shape index (κ1) is 20.6. The van der Waals surface area contributed by atoms with Crippen molar-refractivity contribution in [2.24, 2.45) is 11.8 Å². The van der Waals surface area contributed by atoms with Crippen LogP contribution in [0.3, 0.4) is 0 Å². The van der Waals surface area contributed by atoms with Crippen LogP contribution in [0.5, 0.6) is 0 Å². The Morgan fingerprint density at radius 3 is 1.76 bits per heavy atom. The van der Waals surface area contributed by atoms with Gasteiger partial charge < -0.3 is 0 Å². The molecule has 0 unspecified atom stereocenters. The van der Waals surface area contributed by atoms with Gasteiger partial charge in [0.2, 0.25) is 0 Å². The van der Waals surface area contributed by atoms with Gasteiger partial charge in [-0.1, -0.05) is 39.5 Å². The standard InChI is InChI=1S/C27H38N2/c1-17-6-10-22(11-7-17)24-15-28-27(29-16-24)25-14-19(3)26(21(5)20(25)4)23-12-8-18(2)9-13-23/h14-18,22-23H,6-13H2,1-5H3. The molecule has 29 heavy (non-hydrogen) atoms. The van der Waals surface area contributed by atoms with Gasteiger partial charge in [0.15, 0.2) is 5.82 Å². The number of aromatic nitrogens is 2. The fourth-order valence-electron chi connectivity index (χ4n) is 5.79. The monoisotopic (exact) mass is 390 g/mol. The van der Waals surface area contributed by atoms with Gasteiger partial charge in [0.05, 0.1) is 0 Å². The van der Waals surface area contributed by atoms with Crippen LogP contribution in [0.1, 0.15) is 105 Å². The highest BCUT2D eigenvalue weighted by Crippen LogP contribution is 2.41. The van der Waals surface area contributed by atoms with Crippen LogP contribution in [0.4, 0.5) is 0 Å². The maximum absolute atomic E-state index is 4.83. The predicted octanol–water partition coefficient (Wildman–Crippen LogP) is 7.66. The second-order valence-electron chi connectivity index (χ2n) is 10.2. The maximum Gasteiger partial charge on any atom is 0.159 e. The fraction of sp³-hybridized carbons (Fsp3) is 0.630. The van der Waals surface area contributed by atoms with Gasteiger partial charge in [-0.25, -0.2) is 9.97 Å². The Kier molecular flexibility index (Phi) is 6.08. The minimum absolute atomic E-state index is 0.654. The Labute approximate surface area is 177 Å². The van der Waals surface area contributed by atoms with Crippen molar-refractivity contribution in [1.29, 1.82) is 0 Å². The molecule has 0 amide bonds. The van der Waals surface area contributed by atoms with Gasteiger partial charge >= 0.3 is 0 Å². The van der Waals surface area contributed by atoms with Crippen LogP contribution in [-0.4, -0.2) is 9.97 Å². The first-order valence-electron chi connectivity index (χ1n) is 11.9. The summed E-state index contributed by atoms with van der Waals surface area (Å²) in [5.74, 6) is 4.06. The normalized spacial score (nSPS) is 27.8. The Hall–Kier alpha value is -1.70. The van der Waals surface area contributed by atoms with Gasteiger partial charge in [-0.2, -0.15) is 0 Å². The van der Waals surface area contributed by atoms with E-state index in [2.05, 4.69) is 53.1 Å². The van der Waals surface area contributed by atoms with Gasteiger partial charge in [-0.3, -0.25) is 0 Å². The Balaban J connectivity index is 1.59. The molecule has 2 aliphatic rings. The zero-order valence-corrected chi connectivity index (χ0v) is 19.1. The zero-order chi connectivity index (χ0) is 20.5. The lowest BCUT2D eigenvalue weighted by atomic mass is 9.75. The first-order valence-corrected chi connectivity index (χ1v) is 11.9. The van der Waals surface area contributed by atoms with E-state index >= 15 is 0 Å². The average molecular weight is 391 g/mol. The number of aryl methyl sites for hydroxylation is 1. The van der Waals surface area contributed by atoms with Crippen molar-refractivity contribution in [1.82, 2.24) is 9.97 Å². The van der Waals surface area contributed by atoms with Crippen molar-refractivity contribution in [3.8, 4) is 11.4 Å². The second-order valence-corrected chi connectivity index (χ2v) is 10.2. The molecule has 2 aromatic rings. The molecule has 0 saturated heterocycles. The van der Waals surface area contributed by atoms with Crippen molar-refractivity contribution in [2.75, 3.05) is 0 Å². The van der Waals surface area contributed by atoms with Crippen LogP contribution in [0.15, 0.2) is 18.5 Å². The Morgan fingerprint density at radius 2 is 1.21 bits per heavy atom. The summed E-state index contributed by atoms with van der Waals surface area (Å²) in [4.78, 5) is 9.65. The number of nitrogens with zero attached hydrogens (tertiary/aromatic N) is 2. The molecule has 4 rings (SSSR count). The van der Waals surface area contributed by atoms with E-state index < -0.39 is 0 Å². The average Bonchev–Trinajstić information content (AvgIpc) is 2.73. The van der Waals surface area contributed by atoms with Crippen molar-refractivity contribution >= 4 is 0 Å². The number of hydrogen-bond acceptors (Lipinski definition) is 2. The van der Waals surface area contributed by atoms with Gasteiger partial charge in [0.1, 0.15) is 0 Å². The Morgan fingerprint density at radius 1 is 0.690 bits per heavy atom. The van der Waals surface area contributed by atoms with Crippen LogP contribution >= 0.6 is 0 Å². The Bertz CT molecular complexity index is 836. The number of benzene rings is 1. The highest BCUT2D eigenvalue weighted by atomic mass is 14.9. The molecule has 1 aromatic carbocycles. The van der Waals surface area contributed by atoms with E-state index in [9.17, 15) is 0 Å². The molecule has 1 aromatic heterocycles. The molecule has 2 aliphatic carbocycles. The van der Waals surface area contributed by atoms with E-state index in [1.807, 2.05) is 0 Å². The minimum atomic E-state index is 0.654. The largest absolute Gasteiger partial charge is 0.236 e. The van der Waals surface area contributed by atoms with Gasteiger partial charge in [0.25, 0.3) is 0 Å². The SMILES string of the molecule is Cc1cc(-c2ncc(C3CCC(C)CC3)cn2)c(C)c(C)c1C1CCC(C)CC1. The van der Waals surface area contributed by atoms with E-state index in [0.29, 0.717) is 5.92 Å². The van der Waals surface area contributed by atoms with E-state index in [1.165, 1.54) is 79.2 Å². The summed E-state index contributed by atoms with van der Waals surface area (Å²) in [7, 11) is 0. The molecular formula is C27H38N2. The summed E-state index contributed by atoms with van der Waals surface area (Å²) >= 11 is 0. The topological polar surface area (TPSA) is 25.8 Å². The van der Waals surface area contributed by atoms with Crippen LogP contribution in [0, 0.1) is 32.6 Å². The molecule has 2 fully saturated rings. The molecule has 0 N–H and O–H groups in total. The van der Waals surface area contributed by atoms with E-state index in [1.54, 1.807) is 5.56 Å². The van der Waals surface area contributed by atoms with Crippen molar-refractivity contribution in [2.45, 2.75) is 97.8 Å². The van der Waals surface area contributed by atoms with Gasteiger partial charge in [-0.05, 0) is 104 Å². The van der Waals surface area contributed by atoms with Crippen LogP contribution in [-0.2, 0) is 0 Å². The van der Waals surface area contributed by atoms with Crippen molar-refractivity contribution in [3.63, 3.8) is 0 Å². The molecule has 2 heteroatoms. The molecular weight excluding hydrogens is 352 g/mol. The summed E-state index contributed by atoms with van der Waals surface area (Å²) in [5, 5.41) is 0. The summed E-state index contributed by atoms with van der Waals surface area (Å²) in [6.45, 7) is 11.6. The van der Waals surface area contributed by atoms with E-state index in [0.717, 1.165) is 23.6 Å². The van der Waals surface area contributed by atoms with Gasteiger partial charge in [-0.15, -0.1) is 0 Å². The second kappa shape index (κ2) is 8.58.